The van der Waals surface area contributed by atoms with Gasteiger partial charge in [0.05, 0.1) is 0 Å². The van der Waals surface area contributed by atoms with E-state index in [1.54, 1.807) is 0 Å². The Hall–Kier alpha value is -0.510. The van der Waals surface area contributed by atoms with E-state index in [0.717, 1.165) is 17.7 Å². The van der Waals surface area contributed by atoms with Gasteiger partial charge in [-0.2, -0.15) is 8.78 Å². The summed E-state index contributed by atoms with van der Waals surface area (Å²) in [5.41, 5.74) is 0. The Balaban J connectivity index is 2.55. The van der Waals surface area contributed by atoms with E-state index in [0.29, 0.717) is 19.2 Å². The molecule has 4 heteroatoms. The smallest absolute Gasteiger partial charge is 0.269 e. The lowest BCUT2D eigenvalue weighted by Gasteiger charge is -2.25. The maximum Gasteiger partial charge on any atom is 0.310 e. The zero-order chi connectivity index (χ0) is 9.19. The molecule has 1 rings (SSSR count). The van der Waals surface area contributed by atoms with Gasteiger partial charge in [-0.15, -0.1) is 0 Å². The summed E-state index contributed by atoms with van der Waals surface area (Å²) in [5.74, 6) is -3.41. The van der Waals surface area contributed by atoms with Crippen LogP contribution in [-0.2, 0) is 0 Å². The van der Waals surface area contributed by atoms with Crippen LogP contribution in [0.1, 0.15) is 12.8 Å². The number of rotatable bonds is 3. The molecule has 12 heavy (non-hydrogen) atoms. The van der Waals surface area contributed by atoms with Crippen molar-refractivity contribution >= 4 is 0 Å². The molecule has 1 heterocycles. The fraction of sp³-hybridized carbons (Fsp3) is 0.750. The predicted molar refractivity (Wildman–Crippen MR) is 40.8 cm³/mol. The summed E-state index contributed by atoms with van der Waals surface area (Å²) in [6, 6.07) is 0. The first kappa shape index (κ1) is 9.58. The Kier molecular flexibility index (Phi) is 2.77. The summed E-state index contributed by atoms with van der Waals surface area (Å²) < 4.78 is 38.3. The van der Waals surface area contributed by atoms with Crippen molar-refractivity contribution in [3.05, 3.63) is 12.7 Å². The van der Waals surface area contributed by atoms with E-state index in [1.165, 1.54) is 0 Å². The number of alkyl halides is 3. The summed E-state index contributed by atoms with van der Waals surface area (Å²) in [7, 11) is 0. The number of nitrogens with zero attached hydrogens (tertiary/aromatic N) is 1. The van der Waals surface area contributed by atoms with Gasteiger partial charge >= 0.3 is 5.92 Å². The van der Waals surface area contributed by atoms with Crippen molar-refractivity contribution in [1.82, 2.24) is 4.90 Å². The standard InChI is InChI=1S/C8H12F3N/c1-2-8(10,11)7(9)12-5-3-4-6-12/h2,7H,1,3-6H2. The average molecular weight is 179 g/mol. The molecule has 0 aromatic heterocycles. The van der Waals surface area contributed by atoms with Crippen molar-refractivity contribution in [2.45, 2.75) is 25.1 Å². The molecular weight excluding hydrogens is 167 g/mol. The molecule has 0 N–H and O–H groups in total. The van der Waals surface area contributed by atoms with Gasteiger partial charge in [-0.1, -0.05) is 6.58 Å². The van der Waals surface area contributed by atoms with E-state index in [1.807, 2.05) is 0 Å². The van der Waals surface area contributed by atoms with Crippen molar-refractivity contribution in [3.8, 4) is 0 Å². The van der Waals surface area contributed by atoms with Crippen molar-refractivity contribution in [1.29, 1.82) is 0 Å². The Labute approximate surface area is 69.9 Å². The molecule has 0 aromatic carbocycles. The topological polar surface area (TPSA) is 3.24 Å². The fourth-order valence-corrected chi connectivity index (χ4v) is 1.31. The van der Waals surface area contributed by atoms with Crippen molar-refractivity contribution in [3.63, 3.8) is 0 Å². The van der Waals surface area contributed by atoms with Crippen molar-refractivity contribution in [2.24, 2.45) is 0 Å². The number of likely N-dealkylation sites (tertiary alicyclic amines) is 1. The van der Waals surface area contributed by atoms with Crippen LogP contribution in [0.5, 0.6) is 0 Å². The van der Waals surface area contributed by atoms with Gasteiger partial charge in [-0.05, 0) is 18.9 Å². The Morgan fingerprint density at radius 3 is 2.25 bits per heavy atom. The molecule has 1 saturated heterocycles. The zero-order valence-corrected chi connectivity index (χ0v) is 6.77. The lowest BCUT2D eigenvalue weighted by atomic mass is 10.3. The summed E-state index contributed by atoms with van der Waals surface area (Å²) in [5, 5.41) is 0. The summed E-state index contributed by atoms with van der Waals surface area (Å²) in [4.78, 5) is 1.15. The first-order valence-electron chi connectivity index (χ1n) is 3.97. The van der Waals surface area contributed by atoms with Gasteiger partial charge in [0.2, 0.25) is 6.30 Å². The molecule has 0 spiro atoms. The first-order valence-corrected chi connectivity index (χ1v) is 3.97. The van der Waals surface area contributed by atoms with E-state index in [-0.39, 0.29) is 0 Å². The second-order valence-electron chi connectivity index (χ2n) is 2.96. The quantitative estimate of drug-likeness (QED) is 0.474. The van der Waals surface area contributed by atoms with Crippen molar-refractivity contribution in [2.75, 3.05) is 13.1 Å². The van der Waals surface area contributed by atoms with Gasteiger partial charge in [0.1, 0.15) is 0 Å². The zero-order valence-electron chi connectivity index (χ0n) is 6.77. The molecule has 0 amide bonds. The molecule has 1 fully saturated rings. The Morgan fingerprint density at radius 1 is 1.33 bits per heavy atom. The number of hydrogen-bond donors (Lipinski definition) is 0. The van der Waals surface area contributed by atoms with E-state index < -0.39 is 12.2 Å². The minimum atomic E-state index is -3.41. The molecule has 0 radical (unpaired) electrons. The highest BCUT2D eigenvalue weighted by atomic mass is 19.3. The maximum atomic E-state index is 13.0. The summed E-state index contributed by atoms with van der Waals surface area (Å²) in [6.07, 6.45) is -0.227. The molecule has 0 bridgehead atoms. The average Bonchev–Trinajstić information content (AvgIpc) is 2.55. The van der Waals surface area contributed by atoms with Crippen LogP contribution in [0, 0.1) is 0 Å². The van der Waals surface area contributed by atoms with E-state index >= 15 is 0 Å². The van der Waals surface area contributed by atoms with E-state index in [2.05, 4.69) is 6.58 Å². The fourth-order valence-electron chi connectivity index (χ4n) is 1.31. The largest absolute Gasteiger partial charge is 0.310 e. The van der Waals surface area contributed by atoms with Crippen LogP contribution in [-0.4, -0.2) is 30.2 Å². The summed E-state index contributed by atoms with van der Waals surface area (Å²) >= 11 is 0. The van der Waals surface area contributed by atoms with Crippen LogP contribution in [0.4, 0.5) is 13.2 Å². The molecule has 1 unspecified atom stereocenters. The molecule has 1 aliphatic heterocycles. The highest BCUT2D eigenvalue weighted by Gasteiger charge is 2.41. The minimum absolute atomic E-state index is 0.371. The molecule has 70 valence electrons. The SMILES string of the molecule is C=CC(F)(F)C(F)N1CCCC1. The van der Waals surface area contributed by atoms with Crippen molar-refractivity contribution < 1.29 is 13.2 Å². The molecule has 1 atom stereocenters. The molecule has 0 aliphatic carbocycles. The number of hydrogen-bond acceptors (Lipinski definition) is 1. The molecule has 0 aromatic rings. The highest BCUT2D eigenvalue weighted by Crippen LogP contribution is 2.27. The molecular formula is C8H12F3N. The van der Waals surface area contributed by atoms with Gasteiger partial charge in [0.15, 0.2) is 0 Å². The highest BCUT2D eigenvalue weighted by molar-refractivity contribution is 4.93. The van der Waals surface area contributed by atoms with Gasteiger partial charge in [0.25, 0.3) is 0 Å². The van der Waals surface area contributed by atoms with E-state index in [9.17, 15) is 13.2 Å². The molecule has 1 nitrogen and oxygen atoms in total. The van der Waals surface area contributed by atoms with Crippen LogP contribution in [0.25, 0.3) is 0 Å². The predicted octanol–water partition coefficient (Wildman–Crippen LogP) is 2.20. The van der Waals surface area contributed by atoms with Gasteiger partial charge in [-0.25, -0.2) is 4.39 Å². The Bertz CT molecular complexity index is 164. The summed E-state index contributed by atoms with van der Waals surface area (Å²) in [6.45, 7) is 3.75. The van der Waals surface area contributed by atoms with Crippen LogP contribution in [0.15, 0.2) is 12.7 Å². The minimum Gasteiger partial charge on any atom is -0.269 e. The first-order chi connectivity index (χ1) is 5.58. The monoisotopic (exact) mass is 179 g/mol. The van der Waals surface area contributed by atoms with Gasteiger partial charge in [-0.3, -0.25) is 4.90 Å². The molecule has 1 aliphatic rings. The van der Waals surface area contributed by atoms with Crippen LogP contribution >= 0.6 is 0 Å². The maximum absolute atomic E-state index is 13.0. The second kappa shape index (κ2) is 3.47. The third-order valence-electron chi connectivity index (χ3n) is 2.05. The van der Waals surface area contributed by atoms with Crippen LogP contribution in [0.3, 0.4) is 0 Å². The third kappa shape index (κ3) is 1.80. The normalized spacial score (nSPS) is 22.6. The van der Waals surface area contributed by atoms with Gasteiger partial charge in [0, 0.05) is 13.1 Å². The van der Waals surface area contributed by atoms with E-state index in [4.69, 9.17) is 0 Å². The van der Waals surface area contributed by atoms with Crippen LogP contribution in [0.2, 0.25) is 0 Å². The Morgan fingerprint density at radius 2 is 1.83 bits per heavy atom. The lowest BCUT2D eigenvalue weighted by molar-refractivity contribution is -0.0960. The van der Waals surface area contributed by atoms with Gasteiger partial charge < -0.3 is 0 Å². The second-order valence-corrected chi connectivity index (χ2v) is 2.96. The third-order valence-corrected chi connectivity index (χ3v) is 2.05. The number of halogens is 3. The van der Waals surface area contributed by atoms with Crippen LogP contribution < -0.4 is 0 Å². The lowest BCUT2D eigenvalue weighted by Crippen LogP contribution is -2.42. The molecule has 0 saturated carbocycles.